The molecule has 0 unspecified atom stereocenters. The molecular formula is C60H37N3O. The summed E-state index contributed by atoms with van der Waals surface area (Å²) in [5, 5.41) is 14.3. The number of fused-ring (bicyclic) bond motifs is 16. The second-order valence-electron chi connectivity index (χ2n) is 16.8. The standard InChI is InChI=1S/C60H37N3O/c1-2-17-38(18-3-1)61-55-30-14-15-32-58(55)64-59-37-49-42-21-5-4-19-40(42)41-20-6-7-25-46(41)60-47(48(49)36-57(59)61)26-16-31-56(60)63-53-29-13-10-24-45(53)50-35-39(33-34-54(50)63)62-51-27-11-8-22-43(51)44-23-9-12-28-52(44)62/h1-37H. The smallest absolute Gasteiger partial charge is 0.152 e. The van der Waals surface area contributed by atoms with Crippen LogP contribution in [0.4, 0.5) is 0 Å². The quantitative estimate of drug-likeness (QED) is 0.163. The van der Waals surface area contributed by atoms with Gasteiger partial charge in [0.25, 0.3) is 0 Å². The average molecular weight is 816 g/mol. The first-order chi connectivity index (χ1) is 31.8. The first-order valence-corrected chi connectivity index (χ1v) is 21.9. The highest BCUT2D eigenvalue weighted by Crippen LogP contribution is 2.43. The first-order valence-electron chi connectivity index (χ1n) is 21.9. The van der Waals surface area contributed by atoms with Crippen molar-refractivity contribution < 1.29 is 4.42 Å². The van der Waals surface area contributed by atoms with E-state index in [0.29, 0.717) is 0 Å². The van der Waals surface area contributed by atoms with Gasteiger partial charge >= 0.3 is 0 Å². The van der Waals surface area contributed by atoms with Gasteiger partial charge in [-0.15, -0.1) is 0 Å². The maximum absolute atomic E-state index is 6.86. The highest BCUT2D eigenvalue weighted by atomic mass is 16.3. The molecule has 0 radical (unpaired) electrons. The molecule has 3 heterocycles. The van der Waals surface area contributed by atoms with Crippen molar-refractivity contribution in [3.05, 3.63) is 224 Å². The number of hydrogen-bond donors (Lipinski definition) is 0. The normalized spacial score (nSPS) is 12.1. The van der Waals surface area contributed by atoms with Gasteiger partial charge in [-0.25, -0.2) is 0 Å². The highest BCUT2D eigenvalue weighted by Gasteiger charge is 2.20. The SMILES string of the molecule is c1ccc(-n2c3ccccc3oc3cc4c5ccccc5c5ccccc5c5c(-n6c7ccccc7c7cc(-n8c9ccccc9c9ccccc98)ccc76)cccc5c4cc32)cc1. The summed E-state index contributed by atoms with van der Waals surface area (Å²) in [5.41, 5.74) is 11.7. The van der Waals surface area contributed by atoms with E-state index in [1.54, 1.807) is 0 Å². The Morgan fingerprint density at radius 2 is 0.703 bits per heavy atom. The van der Waals surface area contributed by atoms with E-state index in [-0.39, 0.29) is 0 Å². The molecule has 0 fully saturated rings. The van der Waals surface area contributed by atoms with Crippen molar-refractivity contribution in [1.82, 2.24) is 13.7 Å². The third-order valence-electron chi connectivity index (χ3n) is 13.5. The van der Waals surface area contributed by atoms with Gasteiger partial charge in [0.2, 0.25) is 0 Å². The molecule has 0 aliphatic heterocycles. The van der Waals surface area contributed by atoms with Gasteiger partial charge in [-0.3, -0.25) is 0 Å². The monoisotopic (exact) mass is 815 g/mol. The summed E-state index contributed by atoms with van der Waals surface area (Å²) < 4.78 is 14.1. The number of benzene rings is 10. The van der Waals surface area contributed by atoms with Crippen LogP contribution in [0.2, 0.25) is 0 Å². The van der Waals surface area contributed by atoms with Gasteiger partial charge in [-0.05, 0) is 117 Å². The van der Waals surface area contributed by atoms with Gasteiger partial charge in [-0.1, -0.05) is 146 Å². The Labute approximate surface area is 367 Å². The van der Waals surface area contributed by atoms with E-state index in [4.69, 9.17) is 4.42 Å². The predicted molar refractivity (Wildman–Crippen MR) is 269 cm³/mol. The lowest BCUT2D eigenvalue weighted by molar-refractivity contribution is 0.654. The zero-order chi connectivity index (χ0) is 41.9. The first kappa shape index (κ1) is 35.0. The Kier molecular flexibility index (Phi) is 7.36. The molecule has 14 aromatic rings. The number of hydrogen-bond acceptors (Lipinski definition) is 1. The lowest BCUT2D eigenvalue weighted by Crippen LogP contribution is -2.00. The van der Waals surface area contributed by atoms with Crippen LogP contribution >= 0.6 is 0 Å². The molecule has 0 N–H and O–H groups in total. The van der Waals surface area contributed by atoms with E-state index in [1.165, 1.54) is 59.5 Å². The molecule has 0 bridgehead atoms. The highest BCUT2D eigenvalue weighted by molar-refractivity contribution is 6.29. The van der Waals surface area contributed by atoms with E-state index in [0.717, 1.165) is 66.5 Å². The summed E-state index contributed by atoms with van der Waals surface area (Å²) in [4.78, 5) is 0. The Balaban J connectivity index is 1.15. The predicted octanol–water partition coefficient (Wildman–Crippen LogP) is 16.3. The Bertz CT molecular complexity index is 4260. The molecule has 0 aliphatic rings. The molecule has 14 rings (SSSR count). The van der Waals surface area contributed by atoms with Crippen LogP contribution in [-0.2, 0) is 0 Å². The number of para-hydroxylation sites is 6. The van der Waals surface area contributed by atoms with E-state index >= 15 is 0 Å². The summed E-state index contributed by atoms with van der Waals surface area (Å²) in [7, 11) is 0. The molecule has 4 nitrogen and oxygen atoms in total. The molecule has 4 heteroatoms. The van der Waals surface area contributed by atoms with Gasteiger partial charge in [-0.2, -0.15) is 0 Å². The van der Waals surface area contributed by atoms with Crippen molar-refractivity contribution >= 4 is 109 Å². The third-order valence-corrected chi connectivity index (χ3v) is 13.5. The molecule has 298 valence electrons. The second-order valence-corrected chi connectivity index (χ2v) is 16.8. The Morgan fingerprint density at radius 1 is 0.234 bits per heavy atom. The summed E-state index contributed by atoms with van der Waals surface area (Å²) in [6.45, 7) is 0. The van der Waals surface area contributed by atoms with Gasteiger partial charge in [0.15, 0.2) is 11.2 Å². The van der Waals surface area contributed by atoms with Crippen LogP contribution in [0, 0.1) is 0 Å². The van der Waals surface area contributed by atoms with Gasteiger partial charge < -0.3 is 18.1 Å². The molecule has 0 atom stereocenters. The minimum absolute atomic E-state index is 0.823. The molecule has 0 saturated carbocycles. The summed E-state index contributed by atoms with van der Waals surface area (Å²) in [5.74, 6) is 0. The van der Waals surface area contributed by atoms with Crippen LogP contribution in [0.15, 0.2) is 229 Å². The fraction of sp³-hybridized carbons (Fsp3) is 0. The number of rotatable bonds is 3. The molecule has 3 aromatic heterocycles. The van der Waals surface area contributed by atoms with E-state index < -0.39 is 0 Å². The van der Waals surface area contributed by atoms with Gasteiger partial charge in [0, 0.05) is 38.3 Å². The molecular weight excluding hydrogens is 779 g/mol. The molecule has 0 saturated heterocycles. The maximum Gasteiger partial charge on any atom is 0.152 e. The van der Waals surface area contributed by atoms with Crippen LogP contribution in [0.3, 0.4) is 0 Å². The minimum Gasteiger partial charge on any atom is -0.453 e. The lowest BCUT2D eigenvalue weighted by Gasteiger charge is -2.18. The van der Waals surface area contributed by atoms with E-state index in [2.05, 4.69) is 232 Å². The van der Waals surface area contributed by atoms with Crippen LogP contribution in [0.5, 0.6) is 0 Å². The lowest BCUT2D eigenvalue weighted by atomic mass is 9.93. The molecule has 0 amide bonds. The number of aromatic nitrogens is 3. The third kappa shape index (κ3) is 4.93. The Hall–Kier alpha value is -8.60. The second kappa shape index (κ2) is 13.4. The van der Waals surface area contributed by atoms with Crippen molar-refractivity contribution in [2.75, 3.05) is 0 Å². The molecule has 0 aliphatic carbocycles. The zero-order valence-corrected chi connectivity index (χ0v) is 34.6. The summed E-state index contributed by atoms with van der Waals surface area (Å²) in [6, 6.07) is 81.7. The molecule has 0 spiro atoms. The van der Waals surface area contributed by atoms with Crippen LogP contribution in [0.25, 0.3) is 126 Å². The molecule has 64 heavy (non-hydrogen) atoms. The van der Waals surface area contributed by atoms with Crippen LogP contribution < -0.4 is 0 Å². The minimum atomic E-state index is 0.823. The van der Waals surface area contributed by atoms with Crippen molar-refractivity contribution in [2.24, 2.45) is 0 Å². The largest absolute Gasteiger partial charge is 0.453 e. The Morgan fingerprint density at radius 3 is 1.41 bits per heavy atom. The molecule has 11 aromatic carbocycles. The van der Waals surface area contributed by atoms with Crippen molar-refractivity contribution in [3.8, 4) is 17.1 Å². The van der Waals surface area contributed by atoms with Crippen molar-refractivity contribution in [1.29, 1.82) is 0 Å². The number of nitrogens with zero attached hydrogens (tertiary/aromatic N) is 3. The summed E-state index contributed by atoms with van der Waals surface area (Å²) >= 11 is 0. The fourth-order valence-electron chi connectivity index (χ4n) is 10.8. The van der Waals surface area contributed by atoms with Gasteiger partial charge in [0.1, 0.15) is 0 Å². The van der Waals surface area contributed by atoms with Crippen molar-refractivity contribution in [3.63, 3.8) is 0 Å². The van der Waals surface area contributed by atoms with Crippen molar-refractivity contribution in [2.45, 2.75) is 0 Å². The fourth-order valence-corrected chi connectivity index (χ4v) is 10.8. The average Bonchev–Trinajstić information content (AvgIpc) is 3.87. The van der Waals surface area contributed by atoms with Crippen LogP contribution in [0.1, 0.15) is 0 Å². The topological polar surface area (TPSA) is 27.9 Å². The summed E-state index contributed by atoms with van der Waals surface area (Å²) in [6.07, 6.45) is 0. The van der Waals surface area contributed by atoms with E-state index in [9.17, 15) is 0 Å². The van der Waals surface area contributed by atoms with Gasteiger partial charge in [0.05, 0.1) is 38.8 Å². The van der Waals surface area contributed by atoms with Crippen LogP contribution in [-0.4, -0.2) is 13.7 Å². The zero-order valence-electron chi connectivity index (χ0n) is 34.6. The van der Waals surface area contributed by atoms with E-state index in [1.807, 2.05) is 6.07 Å². The maximum atomic E-state index is 6.86.